The van der Waals surface area contributed by atoms with Gasteiger partial charge < -0.3 is 19.6 Å². The van der Waals surface area contributed by atoms with Crippen LogP contribution < -0.4 is 10.2 Å². The third-order valence-electron chi connectivity index (χ3n) is 6.15. The van der Waals surface area contributed by atoms with E-state index in [0.29, 0.717) is 34.8 Å². The number of amides is 1. The number of nitrogens with zero attached hydrogens (tertiary/aromatic N) is 4. The van der Waals surface area contributed by atoms with Gasteiger partial charge in [0.25, 0.3) is 11.6 Å². The lowest BCUT2D eigenvalue weighted by Crippen LogP contribution is -2.45. The Morgan fingerprint density at radius 1 is 1.20 bits per heavy atom. The topological polar surface area (TPSA) is 74.5 Å². The van der Waals surface area contributed by atoms with Crippen molar-refractivity contribution < 1.29 is 9.32 Å². The maximum atomic E-state index is 13.2. The summed E-state index contributed by atoms with van der Waals surface area (Å²) in [5.74, 6) is 0.327. The third-order valence-corrected chi connectivity index (χ3v) is 6.15. The minimum atomic E-state index is -0.108. The molecule has 3 heterocycles. The van der Waals surface area contributed by atoms with Gasteiger partial charge in [0, 0.05) is 50.0 Å². The largest absolute Gasteiger partial charge is 0.369 e. The van der Waals surface area contributed by atoms with E-state index in [9.17, 15) is 4.79 Å². The summed E-state index contributed by atoms with van der Waals surface area (Å²) in [5, 5.41) is 7.87. The highest BCUT2D eigenvalue weighted by Gasteiger charge is 2.28. The van der Waals surface area contributed by atoms with Crippen LogP contribution in [0.2, 0.25) is 0 Å². The highest BCUT2D eigenvalue weighted by atomic mass is 16.5. The molecule has 1 saturated heterocycles. The standard InChI is InChI=1S/C23H27N5O2/c1-15-21-18(13-19(16-7-8-16)25-23(21)30-26-15)22(29)24-14-17-5-3-4-6-20(17)28-11-9-27(2)10-12-28/h3-6,13,16H,7-12,14H2,1-2H3,(H,24,29). The molecule has 5 rings (SSSR count). The van der Waals surface area contributed by atoms with E-state index in [1.54, 1.807) is 0 Å². The molecule has 0 atom stereocenters. The van der Waals surface area contributed by atoms with E-state index in [0.717, 1.165) is 50.3 Å². The maximum Gasteiger partial charge on any atom is 0.259 e. The Morgan fingerprint density at radius 2 is 1.97 bits per heavy atom. The van der Waals surface area contributed by atoms with Crippen molar-refractivity contribution >= 4 is 22.7 Å². The number of anilines is 1. The molecular weight excluding hydrogens is 378 g/mol. The first-order valence-corrected chi connectivity index (χ1v) is 10.7. The molecule has 156 valence electrons. The zero-order chi connectivity index (χ0) is 20.7. The molecule has 3 aromatic rings. The molecule has 0 bridgehead atoms. The van der Waals surface area contributed by atoms with Crippen molar-refractivity contribution in [2.75, 3.05) is 38.1 Å². The fourth-order valence-electron chi connectivity index (χ4n) is 4.17. The summed E-state index contributed by atoms with van der Waals surface area (Å²) in [4.78, 5) is 22.5. The second-order valence-corrected chi connectivity index (χ2v) is 8.42. The number of hydrogen-bond acceptors (Lipinski definition) is 6. The molecule has 1 aliphatic carbocycles. The smallest absolute Gasteiger partial charge is 0.259 e. The molecule has 7 nitrogen and oxygen atoms in total. The summed E-state index contributed by atoms with van der Waals surface area (Å²) in [7, 11) is 2.15. The number of piperazine rings is 1. The summed E-state index contributed by atoms with van der Waals surface area (Å²) >= 11 is 0. The number of fused-ring (bicyclic) bond motifs is 1. The molecule has 2 fully saturated rings. The fourth-order valence-corrected chi connectivity index (χ4v) is 4.17. The number of pyridine rings is 1. The van der Waals surface area contributed by atoms with Crippen LogP contribution >= 0.6 is 0 Å². The van der Waals surface area contributed by atoms with Crippen LogP contribution in [0, 0.1) is 6.92 Å². The van der Waals surface area contributed by atoms with E-state index in [2.05, 4.69) is 50.5 Å². The number of hydrogen-bond donors (Lipinski definition) is 1. The molecule has 30 heavy (non-hydrogen) atoms. The number of likely N-dealkylation sites (N-methyl/N-ethyl adjacent to an activating group) is 1. The summed E-state index contributed by atoms with van der Waals surface area (Å²) in [6, 6.07) is 10.3. The number of aryl methyl sites for hydroxylation is 1. The number of carbonyl (C=O) groups excluding carboxylic acids is 1. The highest BCUT2D eigenvalue weighted by molar-refractivity contribution is 6.06. The van der Waals surface area contributed by atoms with Crippen LogP contribution in [0.5, 0.6) is 0 Å². The van der Waals surface area contributed by atoms with Crippen molar-refractivity contribution in [3.63, 3.8) is 0 Å². The van der Waals surface area contributed by atoms with Crippen LogP contribution in [-0.2, 0) is 6.54 Å². The lowest BCUT2D eigenvalue weighted by molar-refractivity contribution is 0.0952. The molecule has 2 aliphatic rings. The number of para-hydroxylation sites is 1. The predicted octanol–water partition coefficient (Wildman–Crippen LogP) is 3.09. The van der Waals surface area contributed by atoms with Gasteiger partial charge in [-0.2, -0.15) is 0 Å². The van der Waals surface area contributed by atoms with Gasteiger partial charge in [0.15, 0.2) is 0 Å². The minimum absolute atomic E-state index is 0.108. The predicted molar refractivity (Wildman–Crippen MR) is 116 cm³/mol. The molecule has 1 N–H and O–H groups in total. The molecule has 1 aromatic carbocycles. The monoisotopic (exact) mass is 405 g/mol. The fraction of sp³-hybridized carbons (Fsp3) is 0.435. The average Bonchev–Trinajstić information content (AvgIpc) is 3.55. The Hall–Kier alpha value is -2.93. The van der Waals surface area contributed by atoms with Crippen LogP contribution in [0.15, 0.2) is 34.9 Å². The SMILES string of the molecule is Cc1noc2nc(C3CC3)cc(C(=O)NCc3ccccc3N3CCN(C)CC3)c12. The van der Waals surface area contributed by atoms with E-state index in [1.165, 1.54) is 5.69 Å². The zero-order valence-corrected chi connectivity index (χ0v) is 17.5. The van der Waals surface area contributed by atoms with E-state index in [1.807, 2.05) is 19.1 Å². The van der Waals surface area contributed by atoms with E-state index in [-0.39, 0.29) is 5.91 Å². The van der Waals surface area contributed by atoms with E-state index in [4.69, 9.17) is 4.52 Å². The summed E-state index contributed by atoms with van der Waals surface area (Å²) in [6.45, 7) is 6.42. The normalized spacial score (nSPS) is 17.5. The Bertz CT molecular complexity index is 1080. The number of aromatic nitrogens is 2. The van der Waals surface area contributed by atoms with E-state index < -0.39 is 0 Å². The first kappa shape index (κ1) is 19.1. The summed E-state index contributed by atoms with van der Waals surface area (Å²) in [5.41, 5.74) is 5.03. The van der Waals surface area contributed by atoms with Gasteiger partial charge in [-0.3, -0.25) is 4.79 Å². The molecule has 7 heteroatoms. The van der Waals surface area contributed by atoms with Gasteiger partial charge in [0.05, 0.1) is 16.6 Å². The second kappa shape index (κ2) is 7.72. The number of carbonyl (C=O) groups is 1. The second-order valence-electron chi connectivity index (χ2n) is 8.42. The molecule has 0 radical (unpaired) electrons. The van der Waals surface area contributed by atoms with Crippen molar-refractivity contribution in [1.29, 1.82) is 0 Å². The first-order valence-electron chi connectivity index (χ1n) is 10.7. The van der Waals surface area contributed by atoms with Crippen molar-refractivity contribution in [2.24, 2.45) is 0 Å². The molecule has 1 saturated carbocycles. The average molecular weight is 406 g/mol. The van der Waals surface area contributed by atoms with Crippen molar-refractivity contribution in [2.45, 2.75) is 32.2 Å². The Balaban J connectivity index is 1.38. The van der Waals surface area contributed by atoms with Gasteiger partial charge in [0.1, 0.15) is 0 Å². The zero-order valence-electron chi connectivity index (χ0n) is 17.5. The Labute approximate surface area is 176 Å². The highest BCUT2D eigenvalue weighted by Crippen LogP contribution is 2.40. The van der Waals surface area contributed by atoms with Gasteiger partial charge >= 0.3 is 0 Å². The maximum absolute atomic E-state index is 13.2. The molecule has 0 spiro atoms. The molecule has 1 aliphatic heterocycles. The van der Waals surface area contributed by atoms with Crippen LogP contribution in [-0.4, -0.2) is 54.2 Å². The van der Waals surface area contributed by atoms with Crippen LogP contribution in [0.25, 0.3) is 11.1 Å². The van der Waals surface area contributed by atoms with Crippen LogP contribution in [0.3, 0.4) is 0 Å². The van der Waals surface area contributed by atoms with Gasteiger partial charge in [-0.15, -0.1) is 0 Å². The van der Waals surface area contributed by atoms with Gasteiger partial charge in [-0.05, 0) is 44.5 Å². The van der Waals surface area contributed by atoms with Crippen molar-refractivity contribution in [1.82, 2.24) is 20.4 Å². The molecular formula is C23H27N5O2. The molecule has 2 aromatic heterocycles. The minimum Gasteiger partial charge on any atom is -0.369 e. The number of benzene rings is 1. The molecule has 1 amide bonds. The quantitative estimate of drug-likeness (QED) is 0.703. The third kappa shape index (κ3) is 3.65. The summed E-state index contributed by atoms with van der Waals surface area (Å²) in [6.07, 6.45) is 2.23. The van der Waals surface area contributed by atoms with Gasteiger partial charge in [0.2, 0.25) is 0 Å². The molecule has 0 unspecified atom stereocenters. The van der Waals surface area contributed by atoms with Gasteiger partial charge in [-0.25, -0.2) is 4.98 Å². The Kier molecular flexibility index (Phi) is 4.90. The Morgan fingerprint density at radius 3 is 2.73 bits per heavy atom. The number of rotatable bonds is 5. The van der Waals surface area contributed by atoms with Gasteiger partial charge in [-0.1, -0.05) is 23.4 Å². The van der Waals surface area contributed by atoms with E-state index >= 15 is 0 Å². The lowest BCUT2D eigenvalue weighted by Gasteiger charge is -2.35. The first-order chi connectivity index (χ1) is 14.6. The van der Waals surface area contributed by atoms with Crippen molar-refractivity contribution in [3.8, 4) is 0 Å². The van der Waals surface area contributed by atoms with Crippen LogP contribution in [0.4, 0.5) is 5.69 Å². The van der Waals surface area contributed by atoms with Crippen molar-refractivity contribution in [3.05, 3.63) is 52.8 Å². The number of nitrogens with one attached hydrogen (secondary N) is 1. The summed E-state index contributed by atoms with van der Waals surface area (Å²) < 4.78 is 5.38. The lowest BCUT2D eigenvalue weighted by atomic mass is 10.1. The van der Waals surface area contributed by atoms with Crippen LogP contribution in [0.1, 0.15) is 46.1 Å².